The molecule has 2 rings (SSSR count). The molecule has 22 heavy (non-hydrogen) atoms. The molecule has 0 aliphatic carbocycles. The molecule has 0 amide bonds. The molecule has 6 heteroatoms. The zero-order chi connectivity index (χ0) is 15.2. The summed E-state index contributed by atoms with van der Waals surface area (Å²) in [5.41, 5.74) is 6.93. The number of hydrogen-bond acceptors (Lipinski definition) is 5. The zero-order valence-corrected chi connectivity index (χ0v) is 14.4. The first-order valence-electron chi connectivity index (χ1n) is 7.43. The Kier molecular flexibility index (Phi) is 7.79. The number of rotatable bonds is 6. The molecule has 0 radical (unpaired) electrons. The van der Waals surface area contributed by atoms with Gasteiger partial charge < -0.3 is 19.9 Å². The maximum Gasteiger partial charge on any atom is 0.203 e. The summed E-state index contributed by atoms with van der Waals surface area (Å²) in [6.45, 7) is 3.77. The van der Waals surface area contributed by atoms with Gasteiger partial charge in [-0.25, -0.2) is 0 Å². The van der Waals surface area contributed by atoms with Crippen molar-refractivity contribution in [2.24, 2.45) is 11.7 Å². The lowest BCUT2D eigenvalue weighted by atomic mass is 9.97. The molecule has 1 aromatic rings. The van der Waals surface area contributed by atoms with Gasteiger partial charge in [0.2, 0.25) is 5.75 Å². The first-order chi connectivity index (χ1) is 10.2. The Labute approximate surface area is 139 Å². The van der Waals surface area contributed by atoms with Gasteiger partial charge in [-0.05, 0) is 37.9 Å². The molecule has 1 saturated heterocycles. The van der Waals surface area contributed by atoms with Crippen LogP contribution in [0.25, 0.3) is 0 Å². The van der Waals surface area contributed by atoms with E-state index in [-0.39, 0.29) is 12.4 Å². The Hall–Kier alpha value is -1.17. The van der Waals surface area contributed by atoms with E-state index in [0.29, 0.717) is 17.4 Å². The van der Waals surface area contributed by atoms with Crippen molar-refractivity contribution >= 4 is 12.4 Å². The van der Waals surface area contributed by atoms with E-state index in [4.69, 9.17) is 19.9 Å². The number of piperidine rings is 1. The molecule has 1 heterocycles. The van der Waals surface area contributed by atoms with E-state index in [1.165, 1.54) is 12.8 Å². The first kappa shape index (κ1) is 18.9. The van der Waals surface area contributed by atoms with Gasteiger partial charge in [0.15, 0.2) is 11.5 Å². The van der Waals surface area contributed by atoms with E-state index in [1.807, 2.05) is 12.1 Å². The third-order valence-corrected chi connectivity index (χ3v) is 4.12. The third kappa shape index (κ3) is 4.18. The number of halogens is 1. The standard InChI is InChI=1S/C16H26N2O3.ClH/c1-19-14-7-6-13(15(20-2)16(14)21-3)11-18-8-4-5-12(9-17)10-18;/h6-7,12H,4-5,8-11,17H2,1-3H3;1H. The topological polar surface area (TPSA) is 57.0 Å². The van der Waals surface area contributed by atoms with Crippen molar-refractivity contribution < 1.29 is 14.2 Å². The van der Waals surface area contributed by atoms with E-state index < -0.39 is 0 Å². The van der Waals surface area contributed by atoms with Crippen LogP contribution in [0.2, 0.25) is 0 Å². The Morgan fingerprint density at radius 2 is 1.86 bits per heavy atom. The van der Waals surface area contributed by atoms with Gasteiger partial charge in [-0.2, -0.15) is 0 Å². The molecule has 1 aromatic carbocycles. The number of ether oxygens (including phenoxy) is 3. The van der Waals surface area contributed by atoms with E-state index in [9.17, 15) is 0 Å². The van der Waals surface area contributed by atoms with Crippen molar-refractivity contribution in [2.45, 2.75) is 19.4 Å². The van der Waals surface area contributed by atoms with E-state index in [2.05, 4.69) is 4.90 Å². The molecule has 0 bridgehead atoms. The lowest BCUT2D eigenvalue weighted by Crippen LogP contribution is -2.37. The van der Waals surface area contributed by atoms with Gasteiger partial charge in [0, 0.05) is 18.7 Å². The molecule has 126 valence electrons. The summed E-state index contributed by atoms with van der Waals surface area (Å²) in [5, 5.41) is 0. The molecule has 1 aliphatic rings. The molecule has 1 aliphatic heterocycles. The van der Waals surface area contributed by atoms with Crippen LogP contribution in [-0.2, 0) is 6.54 Å². The minimum absolute atomic E-state index is 0. The van der Waals surface area contributed by atoms with Gasteiger partial charge in [0.1, 0.15) is 0 Å². The number of benzene rings is 1. The van der Waals surface area contributed by atoms with Crippen LogP contribution in [0.4, 0.5) is 0 Å². The molecule has 1 fully saturated rings. The van der Waals surface area contributed by atoms with Crippen molar-refractivity contribution in [1.82, 2.24) is 4.90 Å². The first-order valence-corrected chi connectivity index (χ1v) is 7.43. The average molecular weight is 331 g/mol. The zero-order valence-electron chi connectivity index (χ0n) is 13.6. The largest absolute Gasteiger partial charge is 0.493 e. The quantitative estimate of drug-likeness (QED) is 0.867. The smallest absolute Gasteiger partial charge is 0.203 e. The van der Waals surface area contributed by atoms with Gasteiger partial charge in [-0.1, -0.05) is 6.07 Å². The second-order valence-electron chi connectivity index (χ2n) is 5.47. The fourth-order valence-electron chi connectivity index (χ4n) is 3.02. The molecule has 1 unspecified atom stereocenters. The second kappa shape index (κ2) is 9.08. The van der Waals surface area contributed by atoms with Crippen LogP contribution < -0.4 is 19.9 Å². The Bertz CT molecular complexity index is 471. The van der Waals surface area contributed by atoms with Crippen molar-refractivity contribution in [3.05, 3.63) is 17.7 Å². The molecular formula is C16H27ClN2O3. The van der Waals surface area contributed by atoms with Crippen molar-refractivity contribution in [1.29, 1.82) is 0 Å². The van der Waals surface area contributed by atoms with Crippen LogP contribution >= 0.6 is 12.4 Å². The lowest BCUT2D eigenvalue weighted by molar-refractivity contribution is 0.169. The predicted molar refractivity (Wildman–Crippen MR) is 90.4 cm³/mol. The fourth-order valence-corrected chi connectivity index (χ4v) is 3.02. The summed E-state index contributed by atoms with van der Waals surface area (Å²) in [4.78, 5) is 2.44. The summed E-state index contributed by atoms with van der Waals surface area (Å²) >= 11 is 0. The van der Waals surface area contributed by atoms with Gasteiger partial charge in [-0.3, -0.25) is 4.90 Å². The average Bonchev–Trinajstić information content (AvgIpc) is 2.54. The maximum absolute atomic E-state index is 5.81. The highest BCUT2D eigenvalue weighted by molar-refractivity contribution is 5.85. The van der Waals surface area contributed by atoms with Crippen molar-refractivity contribution in [3.63, 3.8) is 0 Å². The fraction of sp³-hybridized carbons (Fsp3) is 0.625. The Morgan fingerprint density at radius 1 is 1.14 bits per heavy atom. The van der Waals surface area contributed by atoms with Gasteiger partial charge in [-0.15, -0.1) is 12.4 Å². The van der Waals surface area contributed by atoms with Gasteiger partial charge in [0.05, 0.1) is 21.3 Å². The van der Waals surface area contributed by atoms with Gasteiger partial charge in [0.25, 0.3) is 0 Å². The van der Waals surface area contributed by atoms with E-state index >= 15 is 0 Å². The minimum Gasteiger partial charge on any atom is -0.493 e. The summed E-state index contributed by atoms with van der Waals surface area (Å²) in [7, 11) is 4.93. The summed E-state index contributed by atoms with van der Waals surface area (Å²) in [6, 6.07) is 3.98. The Morgan fingerprint density at radius 3 is 2.45 bits per heavy atom. The number of methoxy groups -OCH3 is 3. The van der Waals surface area contributed by atoms with Crippen LogP contribution in [-0.4, -0.2) is 45.9 Å². The monoisotopic (exact) mass is 330 g/mol. The highest BCUT2D eigenvalue weighted by atomic mass is 35.5. The molecule has 0 aromatic heterocycles. The summed E-state index contributed by atoms with van der Waals surface area (Å²) in [6.07, 6.45) is 2.44. The van der Waals surface area contributed by atoms with Crippen LogP contribution in [0.5, 0.6) is 17.2 Å². The van der Waals surface area contributed by atoms with Crippen LogP contribution in [0, 0.1) is 5.92 Å². The summed E-state index contributed by atoms with van der Waals surface area (Å²) < 4.78 is 16.3. The van der Waals surface area contributed by atoms with Crippen LogP contribution in [0.1, 0.15) is 18.4 Å². The molecule has 5 nitrogen and oxygen atoms in total. The van der Waals surface area contributed by atoms with Crippen molar-refractivity contribution in [3.8, 4) is 17.2 Å². The van der Waals surface area contributed by atoms with Gasteiger partial charge >= 0.3 is 0 Å². The van der Waals surface area contributed by atoms with E-state index in [0.717, 1.165) is 37.5 Å². The minimum atomic E-state index is 0. The Balaban J connectivity index is 0.00000242. The molecule has 2 N–H and O–H groups in total. The van der Waals surface area contributed by atoms with E-state index in [1.54, 1.807) is 21.3 Å². The lowest BCUT2D eigenvalue weighted by Gasteiger charge is -2.32. The normalized spacial score (nSPS) is 18.5. The summed E-state index contributed by atoms with van der Waals surface area (Å²) in [5.74, 6) is 2.71. The highest BCUT2D eigenvalue weighted by Gasteiger charge is 2.22. The third-order valence-electron chi connectivity index (χ3n) is 4.12. The number of hydrogen-bond donors (Lipinski definition) is 1. The maximum atomic E-state index is 5.81. The SMILES string of the molecule is COc1ccc(CN2CCCC(CN)C2)c(OC)c1OC.Cl. The number of likely N-dealkylation sites (tertiary alicyclic amines) is 1. The molecule has 0 saturated carbocycles. The molecule has 1 atom stereocenters. The molecular weight excluding hydrogens is 304 g/mol. The second-order valence-corrected chi connectivity index (χ2v) is 5.47. The number of nitrogens with zero attached hydrogens (tertiary/aromatic N) is 1. The predicted octanol–water partition coefficient (Wildman–Crippen LogP) is 2.30. The highest BCUT2D eigenvalue weighted by Crippen LogP contribution is 2.40. The van der Waals surface area contributed by atoms with Crippen LogP contribution in [0.3, 0.4) is 0 Å². The molecule has 0 spiro atoms. The van der Waals surface area contributed by atoms with Crippen molar-refractivity contribution in [2.75, 3.05) is 41.0 Å². The van der Waals surface area contributed by atoms with Crippen LogP contribution in [0.15, 0.2) is 12.1 Å². The number of nitrogens with two attached hydrogens (primary N) is 1.